The van der Waals surface area contributed by atoms with Crippen LogP contribution >= 0.6 is 23.2 Å². The molecule has 1 N–H and O–H groups in total. The minimum absolute atomic E-state index is 0.0506. The summed E-state index contributed by atoms with van der Waals surface area (Å²) >= 11 is 13.1. The van der Waals surface area contributed by atoms with Crippen LogP contribution in [0.5, 0.6) is 0 Å². The average Bonchev–Trinajstić information content (AvgIpc) is 2.61. The van der Waals surface area contributed by atoms with Crippen molar-refractivity contribution in [3.05, 3.63) is 65.7 Å². The van der Waals surface area contributed by atoms with E-state index in [2.05, 4.69) is 0 Å². The standard InChI is InChI=1S/C21H23Cl2N3O6/c1-20(2,3)15-11(25(29)30)7-9-13(17(15)22)24(19(27)28)14-10-8-12(26(31)32)16(18(14)23)21(4,5)6/h7-10H,1-6H3,(H,27,28). The van der Waals surface area contributed by atoms with Crippen molar-refractivity contribution in [1.29, 1.82) is 0 Å². The Morgan fingerprint density at radius 3 is 1.34 bits per heavy atom. The lowest BCUT2D eigenvalue weighted by atomic mass is 9.84. The van der Waals surface area contributed by atoms with Crippen LogP contribution in [0.25, 0.3) is 0 Å². The Kier molecular flexibility index (Phi) is 6.78. The van der Waals surface area contributed by atoms with Crippen molar-refractivity contribution in [2.75, 3.05) is 4.90 Å². The van der Waals surface area contributed by atoms with Crippen molar-refractivity contribution >= 4 is 52.0 Å². The number of benzene rings is 2. The summed E-state index contributed by atoms with van der Waals surface area (Å²) < 4.78 is 0. The fraction of sp³-hybridized carbons (Fsp3) is 0.381. The van der Waals surface area contributed by atoms with Crippen molar-refractivity contribution < 1.29 is 19.7 Å². The molecule has 0 heterocycles. The first kappa shape index (κ1) is 25.4. The molecule has 0 bridgehead atoms. The molecule has 1 amide bonds. The predicted molar refractivity (Wildman–Crippen MR) is 124 cm³/mol. The Morgan fingerprint density at radius 2 is 1.12 bits per heavy atom. The summed E-state index contributed by atoms with van der Waals surface area (Å²) in [5, 5.41) is 32.9. The van der Waals surface area contributed by atoms with Crippen LogP contribution in [0.15, 0.2) is 24.3 Å². The number of carboxylic acid groups (broad SMARTS) is 1. The summed E-state index contributed by atoms with van der Waals surface area (Å²) in [5.74, 6) is 0. The number of hydrogen-bond donors (Lipinski definition) is 1. The van der Waals surface area contributed by atoms with Gasteiger partial charge in [0, 0.05) is 12.1 Å². The van der Waals surface area contributed by atoms with E-state index in [1.54, 1.807) is 41.5 Å². The number of halogens is 2. The van der Waals surface area contributed by atoms with Crippen LogP contribution < -0.4 is 4.90 Å². The van der Waals surface area contributed by atoms with Gasteiger partial charge < -0.3 is 5.11 Å². The van der Waals surface area contributed by atoms with Gasteiger partial charge in [-0.15, -0.1) is 0 Å². The zero-order valence-corrected chi connectivity index (χ0v) is 19.9. The fourth-order valence-electron chi connectivity index (χ4n) is 3.52. The summed E-state index contributed by atoms with van der Waals surface area (Å²) in [6.45, 7) is 10.3. The molecular weight excluding hydrogens is 461 g/mol. The van der Waals surface area contributed by atoms with Gasteiger partial charge in [-0.25, -0.2) is 9.69 Å². The van der Waals surface area contributed by atoms with Gasteiger partial charge >= 0.3 is 6.09 Å². The fourth-order valence-corrected chi connectivity index (χ4v) is 4.58. The second-order valence-corrected chi connectivity index (χ2v) is 9.97. The first-order chi connectivity index (χ1) is 14.5. The first-order valence-electron chi connectivity index (χ1n) is 9.48. The normalized spacial score (nSPS) is 11.9. The molecule has 0 unspecified atom stereocenters. The Hall–Kier alpha value is -2.91. The highest BCUT2D eigenvalue weighted by atomic mass is 35.5. The Bertz CT molecular complexity index is 1040. The minimum Gasteiger partial charge on any atom is -0.464 e. The molecule has 0 aliphatic carbocycles. The van der Waals surface area contributed by atoms with Gasteiger partial charge in [-0.2, -0.15) is 0 Å². The van der Waals surface area contributed by atoms with E-state index in [1.807, 2.05) is 0 Å². The molecular formula is C21H23Cl2N3O6. The molecule has 0 atom stereocenters. The van der Waals surface area contributed by atoms with Gasteiger partial charge in [-0.1, -0.05) is 64.7 Å². The molecule has 2 rings (SSSR count). The van der Waals surface area contributed by atoms with E-state index >= 15 is 0 Å². The van der Waals surface area contributed by atoms with E-state index in [1.165, 1.54) is 24.3 Å². The van der Waals surface area contributed by atoms with Crippen LogP contribution in [0.3, 0.4) is 0 Å². The van der Waals surface area contributed by atoms with Crippen molar-refractivity contribution in [2.45, 2.75) is 52.4 Å². The van der Waals surface area contributed by atoms with Gasteiger partial charge in [-0.05, 0) is 23.0 Å². The third-order valence-corrected chi connectivity index (χ3v) is 5.53. The highest BCUT2D eigenvalue weighted by Gasteiger charge is 2.35. The Balaban J connectivity index is 2.93. The van der Waals surface area contributed by atoms with E-state index in [4.69, 9.17) is 23.2 Å². The van der Waals surface area contributed by atoms with Crippen LogP contribution in [-0.2, 0) is 10.8 Å². The van der Waals surface area contributed by atoms with Crippen molar-refractivity contribution in [1.82, 2.24) is 0 Å². The van der Waals surface area contributed by atoms with Gasteiger partial charge in [0.1, 0.15) is 0 Å². The van der Waals surface area contributed by atoms with E-state index in [0.29, 0.717) is 0 Å². The highest BCUT2D eigenvalue weighted by Crippen LogP contribution is 2.48. The number of nitro benzene ring substituents is 2. The van der Waals surface area contributed by atoms with Crippen molar-refractivity contribution in [3.63, 3.8) is 0 Å². The molecule has 32 heavy (non-hydrogen) atoms. The third kappa shape index (κ3) is 4.63. The molecule has 11 heteroatoms. The molecule has 9 nitrogen and oxygen atoms in total. The van der Waals surface area contributed by atoms with E-state index in [0.717, 1.165) is 4.90 Å². The van der Waals surface area contributed by atoms with Crippen molar-refractivity contribution in [2.24, 2.45) is 0 Å². The largest absolute Gasteiger partial charge is 0.464 e. The molecule has 0 aromatic heterocycles. The Morgan fingerprint density at radius 1 is 0.812 bits per heavy atom. The van der Waals surface area contributed by atoms with Gasteiger partial charge in [-0.3, -0.25) is 20.2 Å². The molecule has 172 valence electrons. The molecule has 0 spiro atoms. The van der Waals surface area contributed by atoms with Gasteiger partial charge in [0.2, 0.25) is 0 Å². The average molecular weight is 484 g/mol. The molecule has 0 saturated heterocycles. The number of hydrogen-bond acceptors (Lipinski definition) is 5. The van der Waals surface area contributed by atoms with Crippen LogP contribution in [0.4, 0.5) is 27.5 Å². The molecule has 2 aromatic carbocycles. The number of nitrogens with zero attached hydrogens (tertiary/aromatic N) is 3. The zero-order chi connectivity index (χ0) is 24.8. The lowest BCUT2D eigenvalue weighted by molar-refractivity contribution is -0.386. The number of anilines is 2. The summed E-state index contributed by atoms with van der Waals surface area (Å²) in [5.41, 5.74) is -1.85. The summed E-state index contributed by atoms with van der Waals surface area (Å²) in [6.07, 6.45) is -1.46. The molecule has 0 saturated carbocycles. The van der Waals surface area contributed by atoms with Crippen LogP contribution in [0, 0.1) is 20.2 Å². The topological polar surface area (TPSA) is 127 Å². The minimum atomic E-state index is -1.46. The van der Waals surface area contributed by atoms with Gasteiger partial charge in [0.25, 0.3) is 11.4 Å². The van der Waals surface area contributed by atoms with Crippen molar-refractivity contribution in [3.8, 4) is 0 Å². The molecule has 2 aromatic rings. The molecule has 0 radical (unpaired) electrons. The van der Waals surface area contributed by atoms with Crippen LogP contribution in [0.1, 0.15) is 52.7 Å². The molecule has 0 fully saturated rings. The number of nitro groups is 2. The van der Waals surface area contributed by atoms with Crippen LogP contribution in [-0.4, -0.2) is 21.0 Å². The maximum Gasteiger partial charge on any atom is 0.416 e. The summed E-state index contributed by atoms with van der Waals surface area (Å²) in [4.78, 5) is 35.0. The maximum atomic E-state index is 12.3. The SMILES string of the molecule is CC(C)(C)c1c([N+](=O)[O-])ccc(N(C(=O)O)c2ccc([N+](=O)[O-])c(C(C)(C)C)c2Cl)c1Cl. The molecule has 0 aliphatic rings. The monoisotopic (exact) mass is 483 g/mol. The second kappa shape index (κ2) is 8.55. The first-order valence-corrected chi connectivity index (χ1v) is 10.2. The molecule has 0 aliphatic heterocycles. The Labute approximate surface area is 194 Å². The van der Waals surface area contributed by atoms with Gasteiger partial charge in [0.05, 0.1) is 42.4 Å². The lowest BCUT2D eigenvalue weighted by Gasteiger charge is -2.28. The lowest BCUT2D eigenvalue weighted by Crippen LogP contribution is -2.27. The van der Waals surface area contributed by atoms with Gasteiger partial charge in [0.15, 0.2) is 0 Å². The summed E-state index contributed by atoms with van der Waals surface area (Å²) in [7, 11) is 0. The third-order valence-electron chi connectivity index (χ3n) is 4.77. The second-order valence-electron chi connectivity index (χ2n) is 9.22. The summed E-state index contributed by atoms with van der Waals surface area (Å²) in [6, 6.07) is 4.81. The highest BCUT2D eigenvalue weighted by molar-refractivity contribution is 6.37. The smallest absolute Gasteiger partial charge is 0.416 e. The predicted octanol–water partition coefficient (Wildman–Crippen LogP) is 7.22. The maximum absolute atomic E-state index is 12.3. The number of rotatable bonds is 4. The number of carbonyl (C=O) groups is 1. The quantitative estimate of drug-likeness (QED) is 0.361. The van der Waals surface area contributed by atoms with E-state index in [9.17, 15) is 30.1 Å². The van der Waals surface area contributed by atoms with E-state index < -0.39 is 26.8 Å². The van der Waals surface area contributed by atoms with Crippen LogP contribution in [0.2, 0.25) is 10.0 Å². The zero-order valence-electron chi connectivity index (χ0n) is 18.4. The number of amides is 1. The van der Waals surface area contributed by atoms with E-state index in [-0.39, 0.29) is 43.9 Å².